The smallest absolute Gasteiger partial charge is 0.416 e. The Balaban J connectivity index is 1.52. The number of alkyl halides is 3. The zero-order chi connectivity index (χ0) is 20.6. The second kappa shape index (κ2) is 7.72. The van der Waals surface area contributed by atoms with Crippen LogP contribution in [0.25, 0.3) is 11.1 Å². The lowest BCUT2D eigenvalue weighted by molar-refractivity contribution is -0.137. The predicted molar refractivity (Wildman–Crippen MR) is 107 cm³/mol. The number of hydrogen-bond acceptors (Lipinski definition) is 4. The Hall–Kier alpha value is -2.52. The van der Waals surface area contributed by atoms with E-state index in [-0.39, 0.29) is 21.9 Å². The minimum absolute atomic E-state index is 0.0256. The molecule has 0 aliphatic carbocycles. The van der Waals surface area contributed by atoms with Gasteiger partial charge in [0.1, 0.15) is 11.3 Å². The Morgan fingerprint density at radius 2 is 1.55 bits per heavy atom. The zero-order valence-corrected chi connectivity index (χ0v) is 16.8. The van der Waals surface area contributed by atoms with Crippen LogP contribution < -0.4 is 5.32 Å². The molecular weight excluding hydrogens is 472 g/mol. The first-order chi connectivity index (χ1) is 13.8. The SMILES string of the molecule is Fc1ccc(Sc2ccc(Nc3nc4c(Br)cc(C(F)(F)F)cc4o3)cc2)cc1. The van der Waals surface area contributed by atoms with Gasteiger partial charge in [-0.05, 0) is 76.6 Å². The van der Waals surface area contributed by atoms with Crippen molar-refractivity contribution in [3.05, 3.63) is 76.5 Å². The molecule has 4 rings (SSSR count). The molecule has 9 heteroatoms. The van der Waals surface area contributed by atoms with Crippen LogP contribution in [-0.4, -0.2) is 4.98 Å². The van der Waals surface area contributed by atoms with Crippen LogP contribution in [0.1, 0.15) is 5.56 Å². The van der Waals surface area contributed by atoms with E-state index in [0.717, 1.165) is 21.9 Å². The molecular formula is C20H11BrF4N2OS. The predicted octanol–water partition coefficient (Wildman–Crippen LogP) is 7.64. The van der Waals surface area contributed by atoms with Crippen molar-refractivity contribution < 1.29 is 22.0 Å². The summed E-state index contributed by atoms with van der Waals surface area (Å²) in [7, 11) is 0. The first-order valence-electron chi connectivity index (χ1n) is 8.26. The van der Waals surface area contributed by atoms with E-state index in [9.17, 15) is 17.6 Å². The first-order valence-corrected chi connectivity index (χ1v) is 9.87. The number of nitrogens with one attached hydrogen (secondary N) is 1. The molecule has 1 aromatic heterocycles. The van der Waals surface area contributed by atoms with E-state index in [1.54, 1.807) is 24.3 Å². The summed E-state index contributed by atoms with van der Waals surface area (Å²) in [5.41, 5.74) is 0.163. The molecule has 0 spiro atoms. The van der Waals surface area contributed by atoms with Crippen molar-refractivity contribution in [2.24, 2.45) is 0 Å². The lowest BCUT2D eigenvalue weighted by atomic mass is 10.2. The maximum atomic E-state index is 13.0. The van der Waals surface area contributed by atoms with Crippen LogP contribution in [-0.2, 0) is 6.18 Å². The van der Waals surface area contributed by atoms with E-state index in [2.05, 4.69) is 26.2 Å². The normalized spacial score (nSPS) is 11.8. The summed E-state index contributed by atoms with van der Waals surface area (Å²) in [5.74, 6) is -0.291. The van der Waals surface area contributed by atoms with E-state index in [4.69, 9.17) is 4.42 Å². The Morgan fingerprint density at radius 3 is 2.17 bits per heavy atom. The zero-order valence-electron chi connectivity index (χ0n) is 14.4. The van der Waals surface area contributed by atoms with Gasteiger partial charge >= 0.3 is 6.18 Å². The van der Waals surface area contributed by atoms with Gasteiger partial charge in [0.2, 0.25) is 0 Å². The number of fused-ring (bicyclic) bond motifs is 1. The number of rotatable bonds is 4. The van der Waals surface area contributed by atoms with Crippen LogP contribution in [0.15, 0.2) is 79.3 Å². The van der Waals surface area contributed by atoms with Crippen LogP contribution in [0.2, 0.25) is 0 Å². The topological polar surface area (TPSA) is 38.1 Å². The van der Waals surface area contributed by atoms with Gasteiger partial charge in [-0.3, -0.25) is 0 Å². The fourth-order valence-electron chi connectivity index (χ4n) is 2.57. The molecule has 3 aromatic carbocycles. The second-order valence-electron chi connectivity index (χ2n) is 6.03. The van der Waals surface area contributed by atoms with Crippen LogP contribution in [0.5, 0.6) is 0 Å². The number of nitrogens with zero attached hydrogens (tertiary/aromatic N) is 1. The maximum absolute atomic E-state index is 13.0. The lowest BCUT2D eigenvalue weighted by Crippen LogP contribution is -2.04. The van der Waals surface area contributed by atoms with Crippen molar-refractivity contribution in [3.8, 4) is 0 Å². The number of anilines is 2. The molecule has 3 nitrogen and oxygen atoms in total. The number of halogens is 5. The van der Waals surface area contributed by atoms with E-state index < -0.39 is 11.7 Å². The molecule has 148 valence electrons. The lowest BCUT2D eigenvalue weighted by Gasteiger charge is -2.06. The summed E-state index contributed by atoms with van der Waals surface area (Å²) in [6, 6.07) is 15.4. The van der Waals surface area contributed by atoms with E-state index >= 15 is 0 Å². The molecule has 0 aliphatic heterocycles. The van der Waals surface area contributed by atoms with Crippen molar-refractivity contribution in [2.45, 2.75) is 16.0 Å². The molecule has 1 heterocycles. The summed E-state index contributed by atoms with van der Waals surface area (Å²) in [6.45, 7) is 0. The average Bonchev–Trinajstić information content (AvgIpc) is 3.08. The Labute approximate surface area is 175 Å². The highest BCUT2D eigenvalue weighted by atomic mass is 79.9. The number of aromatic nitrogens is 1. The molecule has 4 aromatic rings. The fraction of sp³-hybridized carbons (Fsp3) is 0.0500. The van der Waals surface area contributed by atoms with Gasteiger partial charge in [-0.2, -0.15) is 18.2 Å². The van der Waals surface area contributed by atoms with Gasteiger partial charge in [0, 0.05) is 20.0 Å². The second-order valence-corrected chi connectivity index (χ2v) is 8.03. The van der Waals surface area contributed by atoms with Gasteiger partial charge in [-0.1, -0.05) is 11.8 Å². The van der Waals surface area contributed by atoms with Gasteiger partial charge in [-0.25, -0.2) is 4.39 Å². The minimum Gasteiger partial charge on any atom is -0.423 e. The summed E-state index contributed by atoms with van der Waals surface area (Å²) < 4.78 is 57.4. The van der Waals surface area contributed by atoms with E-state index in [1.165, 1.54) is 23.9 Å². The first kappa shape index (κ1) is 19.8. The molecule has 0 saturated heterocycles. The molecule has 0 amide bonds. The molecule has 1 N–H and O–H groups in total. The van der Waals surface area contributed by atoms with Gasteiger partial charge in [0.25, 0.3) is 6.01 Å². The largest absolute Gasteiger partial charge is 0.423 e. The monoisotopic (exact) mass is 482 g/mol. The average molecular weight is 483 g/mol. The van der Waals surface area contributed by atoms with Gasteiger partial charge in [-0.15, -0.1) is 0 Å². The van der Waals surface area contributed by atoms with Crippen molar-refractivity contribution in [3.63, 3.8) is 0 Å². The van der Waals surface area contributed by atoms with Crippen LogP contribution in [0.4, 0.5) is 29.3 Å². The quantitative estimate of drug-likeness (QED) is 0.303. The highest BCUT2D eigenvalue weighted by Gasteiger charge is 2.32. The summed E-state index contributed by atoms with van der Waals surface area (Å²) >= 11 is 4.58. The molecule has 0 saturated carbocycles. The van der Waals surface area contributed by atoms with Crippen molar-refractivity contribution in [1.82, 2.24) is 4.98 Å². The highest BCUT2D eigenvalue weighted by Crippen LogP contribution is 2.36. The summed E-state index contributed by atoms with van der Waals surface area (Å²) in [5, 5.41) is 2.94. The molecule has 29 heavy (non-hydrogen) atoms. The number of oxazole rings is 1. The van der Waals surface area contributed by atoms with E-state index in [1.807, 2.05) is 12.1 Å². The minimum atomic E-state index is -4.48. The number of hydrogen-bond donors (Lipinski definition) is 1. The Bertz CT molecular complexity index is 1160. The summed E-state index contributed by atoms with van der Waals surface area (Å²) in [4.78, 5) is 6.04. The standard InChI is InChI=1S/C20H11BrF4N2OS/c21-16-9-11(20(23,24)25)10-17-18(16)27-19(28-17)26-13-3-7-15(8-4-13)29-14-5-1-12(22)2-6-14/h1-10H,(H,26,27). The van der Waals surface area contributed by atoms with Crippen LogP contribution in [0.3, 0.4) is 0 Å². The van der Waals surface area contributed by atoms with Crippen molar-refractivity contribution in [2.75, 3.05) is 5.32 Å². The Morgan fingerprint density at radius 1 is 0.931 bits per heavy atom. The molecule has 0 fully saturated rings. The van der Waals surface area contributed by atoms with Crippen molar-refractivity contribution in [1.29, 1.82) is 0 Å². The van der Waals surface area contributed by atoms with Crippen LogP contribution in [0, 0.1) is 5.82 Å². The van der Waals surface area contributed by atoms with Gasteiger partial charge in [0.15, 0.2) is 5.58 Å². The summed E-state index contributed by atoms with van der Waals surface area (Å²) in [6.07, 6.45) is -4.48. The molecule has 0 radical (unpaired) electrons. The fourth-order valence-corrected chi connectivity index (χ4v) is 3.92. The van der Waals surface area contributed by atoms with Crippen molar-refractivity contribution >= 4 is 50.5 Å². The molecule has 0 atom stereocenters. The third-order valence-electron chi connectivity index (χ3n) is 3.93. The van der Waals surface area contributed by atoms with Gasteiger partial charge in [0.05, 0.1) is 5.56 Å². The highest BCUT2D eigenvalue weighted by molar-refractivity contribution is 9.10. The van der Waals surface area contributed by atoms with Gasteiger partial charge < -0.3 is 9.73 Å². The Kier molecular flexibility index (Phi) is 5.26. The molecule has 0 aliphatic rings. The van der Waals surface area contributed by atoms with E-state index in [0.29, 0.717) is 11.2 Å². The number of benzene rings is 3. The molecule has 0 unspecified atom stereocenters. The third kappa shape index (κ3) is 4.56. The maximum Gasteiger partial charge on any atom is 0.416 e. The third-order valence-corrected chi connectivity index (χ3v) is 5.55. The molecule has 0 bridgehead atoms. The van der Waals surface area contributed by atoms with Crippen LogP contribution >= 0.6 is 27.7 Å².